The maximum atomic E-state index is 9.00. The molecule has 1 aliphatic carbocycles. The van der Waals surface area contributed by atoms with Gasteiger partial charge in [0, 0.05) is 5.92 Å². The molecule has 0 amide bonds. The van der Waals surface area contributed by atoms with Crippen LogP contribution in [0, 0.1) is 23.0 Å². The van der Waals surface area contributed by atoms with Crippen LogP contribution >= 0.6 is 12.2 Å². The number of rotatable bonds is 2. The number of hydrogen-bond acceptors (Lipinski definition) is 3. The lowest BCUT2D eigenvalue weighted by molar-refractivity contribution is 0.864. The van der Waals surface area contributed by atoms with E-state index in [0.717, 1.165) is 29.9 Å². The molecule has 1 N–H and O–H groups in total. The van der Waals surface area contributed by atoms with Crippen LogP contribution in [0.15, 0.2) is 18.2 Å². The molecule has 1 aromatic carbocycles. The Morgan fingerprint density at radius 2 is 2.28 bits per heavy atom. The number of benzene rings is 1. The van der Waals surface area contributed by atoms with Crippen molar-refractivity contribution in [2.24, 2.45) is 0 Å². The molecular weight excluding hydrogens is 244 g/mol. The Hall–Kier alpha value is -1.93. The Morgan fingerprint density at radius 3 is 2.94 bits per heavy atom. The van der Waals surface area contributed by atoms with Crippen molar-refractivity contribution in [2.45, 2.75) is 25.7 Å². The molecule has 0 atom stereocenters. The average molecular weight is 256 g/mol. The zero-order valence-electron chi connectivity index (χ0n) is 9.97. The first kappa shape index (κ1) is 11.2. The van der Waals surface area contributed by atoms with E-state index in [1.165, 1.54) is 0 Å². The summed E-state index contributed by atoms with van der Waals surface area (Å²) >= 11 is 5.30. The molecule has 18 heavy (non-hydrogen) atoms. The maximum Gasteiger partial charge on any atom is 0.199 e. The molecule has 0 spiro atoms. The SMILES string of the molecule is Cc1ccc(C#N)cc1-n1c(C2CC2)n[nH]c1=S. The van der Waals surface area contributed by atoms with Gasteiger partial charge < -0.3 is 0 Å². The van der Waals surface area contributed by atoms with E-state index in [9.17, 15) is 0 Å². The number of aromatic amines is 1. The first-order valence-corrected chi connectivity index (χ1v) is 6.30. The number of nitriles is 1. The van der Waals surface area contributed by atoms with Crippen molar-refractivity contribution in [3.8, 4) is 11.8 Å². The summed E-state index contributed by atoms with van der Waals surface area (Å²) in [5, 5.41) is 16.2. The quantitative estimate of drug-likeness (QED) is 0.840. The fourth-order valence-corrected chi connectivity index (χ4v) is 2.31. The van der Waals surface area contributed by atoms with E-state index in [0.29, 0.717) is 16.3 Å². The first-order chi connectivity index (χ1) is 8.70. The van der Waals surface area contributed by atoms with Gasteiger partial charge in [0.25, 0.3) is 0 Å². The van der Waals surface area contributed by atoms with Gasteiger partial charge in [-0.1, -0.05) is 6.07 Å². The van der Waals surface area contributed by atoms with Crippen LogP contribution in [0.25, 0.3) is 5.69 Å². The summed E-state index contributed by atoms with van der Waals surface area (Å²) in [5.41, 5.74) is 2.68. The Bertz CT molecular complexity index is 701. The summed E-state index contributed by atoms with van der Waals surface area (Å²) < 4.78 is 2.55. The second kappa shape index (κ2) is 4.07. The van der Waals surface area contributed by atoms with Crippen molar-refractivity contribution in [1.82, 2.24) is 14.8 Å². The van der Waals surface area contributed by atoms with Crippen LogP contribution in [0.2, 0.25) is 0 Å². The molecule has 1 fully saturated rings. The lowest BCUT2D eigenvalue weighted by Gasteiger charge is -2.09. The Balaban J connectivity index is 2.23. The fourth-order valence-electron chi connectivity index (χ4n) is 2.08. The largest absolute Gasteiger partial charge is 0.272 e. The van der Waals surface area contributed by atoms with Gasteiger partial charge in [0.05, 0.1) is 17.3 Å². The van der Waals surface area contributed by atoms with E-state index >= 15 is 0 Å². The molecule has 0 aliphatic heterocycles. The second-order valence-corrected chi connectivity index (χ2v) is 5.00. The third kappa shape index (κ3) is 1.75. The summed E-state index contributed by atoms with van der Waals surface area (Å²) in [5.74, 6) is 1.49. The van der Waals surface area contributed by atoms with Crippen LogP contribution in [0.5, 0.6) is 0 Å². The molecule has 90 valence electrons. The Kier molecular flexibility index (Phi) is 2.53. The molecule has 1 heterocycles. The molecule has 3 rings (SSSR count). The van der Waals surface area contributed by atoms with Crippen LogP contribution in [-0.2, 0) is 0 Å². The van der Waals surface area contributed by atoms with Crippen molar-refractivity contribution in [3.05, 3.63) is 39.9 Å². The van der Waals surface area contributed by atoms with Crippen molar-refractivity contribution in [1.29, 1.82) is 5.26 Å². The highest BCUT2D eigenvalue weighted by atomic mass is 32.1. The second-order valence-electron chi connectivity index (χ2n) is 4.61. The van der Waals surface area contributed by atoms with E-state index in [1.807, 2.05) is 29.7 Å². The van der Waals surface area contributed by atoms with E-state index in [1.54, 1.807) is 0 Å². The molecule has 2 aromatic rings. The van der Waals surface area contributed by atoms with Gasteiger partial charge >= 0.3 is 0 Å². The van der Waals surface area contributed by atoms with Crippen LogP contribution in [-0.4, -0.2) is 14.8 Å². The summed E-state index contributed by atoms with van der Waals surface area (Å²) in [6.07, 6.45) is 2.33. The van der Waals surface area contributed by atoms with Crippen molar-refractivity contribution >= 4 is 12.2 Å². The predicted octanol–water partition coefficient (Wildman–Crippen LogP) is 2.99. The predicted molar refractivity (Wildman–Crippen MR) is 70.2 cm³/mol. The van der Waals surface area contributed by atoms with Crippen molar-refractivity contribution in [2.75, 3.05) is 0 Å². The van der Waals surface area contributed by atoms with E-state index < -0.39 is 0 Å². The summed E-state index contributed by atoms with van der Waals surface area (Å²) in [7, 11) is 0. The van der Waals surface area contributed by atoms with Gasteiger partial charge in [-0.25, -0.2) is 0 Å². The first-order valence-electron chi connectivity index (χ1n) is 5.89. The van der Waals surface area contributed by atoms with Gasteiger partial charge in [0.1, 0.15) is 5.82 Å². The highest BCUT2D eigenvalue weighted by Gasteiger charge is 2.29. The monoisotopic (exact) mass is 256 g/mol. The number of nitrogens with zero attached hydrogens (tertiary/aromatic N) is 3. The molecule has 5 heteroatoms. The molecule has 0 radical (unpaired) electrons. The Morgan fingerprint density at radius 1 is 1.50 bits per heavy atom. The molecule has 0 unspecified atom stereocenters. The number of aromatic nitrogens is 3. The normalized spacial score (nSPS) is 14.4. The molecule has 1 saturated carbocycles. The van der Waals surface area contributed by atoms with Gasteiger partial charge in [-0.3, -0.25) is 9.67 Å². The molecule has 1 aliphatic rings. The summed E-state index contributed by atoms with van der Waals surface area (Å²) in [4.78, 5) is 0. The summed E-state index contributed by atoms with van der Waals surface area (Å²) in [6, 6.07) is 7.79. The fraction of sp³-hybridized carbons (Fsp3) is 0.308. The van der Waals surface area contributed by atoms with E-state index in [-0.39, 0.29) is 0 Å². The maximum absolute atomic E-state index is 9.00. The van der Waals surface area contributed by atoms with Crippen molar-refractivity contribution in [3.63, 3.8) is 0 Å². The molecular formula is C13H12N4S. The zero-order chi connectivity index (χ0) is 12.7. The third-order valence-electron chi connectivity index (χ3n) is 3.22. The third-order valence-corrected chi connectivity index (χ3v) is 3.49. The zero-order valence-corrected chi connectivity index (χ0v) is 10.8. The minimum atomic E-state index is 0.503. The van der Waals surface area contributed by atoms with Crippen LogP contribution < -0.4 is 0 Å². The molecule has 0 saturated heterocycles. The number of hydrogen-bond donors (Lipinski definition) is 1. The lowest BCUT2D eigenvalue weighted by atomic mass is 10.1. The molecule has 0 bridgehead atoms. The standard InChI is InChI=1S/C13H12N4S/c1-8-2-3-9(7-14)6-11(8)17-12(10-4-5-10)15-16-13(17)18/h2-3,6,10H,4-5H2,1H3,(H,16,18). The lowest BCUT2D eigenvalue weighted by Crippen LogP contribution is -2.02. The minimum absolute atomic E-state index is 0.503. The van der Waals surface area contributed by atoms with Gasteiger partial charge in [0.15, 0.2) is 4.77 Å². The number of aryl methyl sites for hydroxylation is 1. The van der Waals surface area contributed by atoms with Gasteiger partial charge in [-0.05, 0) is 49.7 Å². The van der Waals surface area contributed by atoms with E-state index in [4.69, 9.17) is 17.5 Å². The highest BCUT2D eigenvalue weighted by molar-refractivity contribution is 7.71. The smallest absolute Gasteiger partial charge is 0.199 e. The van der Waals surface area contributed by atoms with Crippen LogP contribution in [0.3, 0.4) is 0 Å². The average Bonchev–Trinajstić information content (AvgIpc) is 3.14. The Labute approximate surface area is 110 Å². The number of nitrogens with one attached hydrogen (secondary N) is 1. The topological polar surface area (TPSA) is 57.4 Å². The van der Waals surface area contributed by atoms with E-state index in [2.05, 4.69) is 16.3 Å². The highest BCUT2D eigenvalue weighted by Crippen LogP contribution is 2.40. The van der Waals surface area contributed by atoms with Gasteiger partial charge in [0.2, 0.25) is 0 Å². The molecule has 1 aromatic heterocycles. The van der Waals surface area contributed by atoms with Gasteiger partial charge in [-0.2, -0.15) is 10.4 Å². The van der Waals surface area contributed by atoms with Gasteiger partial charge in [-0.15, -0.1) is 0 Å². The number of H-pyrrole nitrogens is 1. The van der Waals surface area contributed by atoms with Crippen molar-refractivity contribution < 1.29 is 0 Å². The molecule has 4 nitrogen and oxygen atoms in total. The summed E-state index contributed by atoms with van der Waals surface area (Å²) in [6.45, 7) is 2.02. The van der Waals surface area contributed by atoms with Crippen LogP contribution in [0.4, 0.5) is 0 Å². The minimum Gasteiger partial charge on any atom is -0.272 e. The van der Waals surface area contributed by atoms with Crippen LogP contribution in [0.1, 0.15) is 35.7 Å².